The molecule has 0 bridgehead atoms. The van der Waals surface area contributed by atoms with E-state index in [2.05, 4.69) is 0 Å². The van der Waals surface area contributed by atoms with E-state index in [1.54, 1.807) is 22.8 Å². The number of hydrogen-bond donors (Lipinski definition) is 0. The number of rotatable bonds is 5. The first-order chi connectivity index (χ1) is 13.6. The summed E-state index contributed by atoms with van der Waals surface area (Å²) in [6.07, 6.45) is 0. The van der Waals surface area contributed by atoms with E-state index in [-0.39, 0.29) is 11.4 Å². The van der Waals surface area contributed by atoms with Crippen molar-refractivity contribution in [3.05, 3.63) is 106 Å². The Balaban J connectivity index is 1.75. The van der Waals surface area contributed by atoms with Gasteiger partial charge in [-0.05, 0) is 36.2 Å². The third kappa shape index (κ3) is 3.85. The van der Waals surface area contributed by atoms with Gasteiger partial charge in [-0.25, -0.2) is 9.37 Å². The molecule has 0 radical (unpaired) electrons. The molecule has 0 amide bonds. The molecule has 140 valence electrons. The molecule has 0 spiro atoms. The zero-order valence-corrected chi connectivity index (χ0v) is 16.2. The van der Waals surface area contributed by atoms with Gasteiger partial charge in [0.2, 0.25) is 0 Å². The fraction of sp³-hybridized carbons (Fsp3) is 0.130. The van der Waals surface area contributed by atoms with Gasteiger partial charge >= 0.3 is 0 Å². The minimum atomic E-state index is -0.247. The lowest BCUT2D eigenvalue weighted by Crippen LogP contribution is -2.24. The number of nitrogens with zero attached hydrogens (tertiary/aromatic N) is 2. The number of hydrogen-bond acceptors (Lipinski definition) is 3. The Morgan fingerprint density at radius 3 is 2.46 bits per heavy atom. The molecule has 3 aromatic carbocycles. The van der Waals surface area contributed by atoms with Crippen molar-refractivity contribution in [1.82, 2.24) is 9.55 Å². The molecule has 0 unspecified atom stereocenters. The standard InChI is InChI=1S/C23H19FN2OS/c1-16-10-12-17(13-11-16)14-26-22(27)19-7-3-5-9-21(19)25-23(26)28-15-18-6-2-4-8-20(18)24/h2-13H,14-15H2,1H3. The van der Waals surface area contributed by atoms with Crippen LogP contribution in [0.15, 0.2) is 82.7 Å². The number of aromatic nitrogens is 2. The molecule has 28 heavy (non-hydrogen) atoms. The Bertz CT molecular complexity index is 1190. The van der Waals surface area contributed by atoms with E-state index in [9.17, 15) is 9.18 Å². The molecule has 4 aromatic rings. The molecule has 5 heteroatoms. The van der Waals surface area contributed by atoms with Gasteiger partial charge in [0.1, 0.15) is 5.82 Å². The average molecular weight is 390 g/mol. The highest BCUT2D eigenvalue weighted by molar-refractivity contribution is 7.98. The van der Waals surface area contributed by atoms with Crippen LogP contribution >= 0.6 is 11.8 Å². The Kier molecular flexibility index (Phi) is 5.26. The fourth-order valence-corrected chi connectivity index (χ4v) is 4.02. The minimum Gasteiger partial charge on any atom is -0.283 e. The number of para-hydroxylation sites is 1. The van der Waals surface area contributed by atoms with Crippen molar-refractivity contribution in [2.75, 3.05) is 0 Å². The molecule has 0 aliphatic rings. The average Bonchev–Trinajstić information content (AvgIpc) is 2.71. The summed E-state index contributed by atoms with van der Waals surface area (Å²) in [5.74, 6) is 0.161. The molecule has 0 N–H and O–H groups in total. The van der Waals surface area contributed by atoms with Gasteiger partial charge in [0.25, 0.3) is 5.56 Å². The second kappa shape index (κ2) is 7.98. The third-order valence-corrected chi connectivity index (χ3v) is 5.63. The highest BCUT2D eigenvalue weighted by Gasteiger charge is 2.13. The predicted octanol–water partition coefficient (Wildman–Crippen LogP) is 5.18. The summed E-state index contributed by atoms with van der Waals surface area (Å²) in [5.41, 5.74) is 3.36. The fourth-order valence-electron chi connectivity index (χ4n) is 3.03. The monoisotopic (exact) mass is 390 g/mol. The summed E-state index contributed by atoms with van der Waals surface area (Å²) in [6.45, 7) is 2.46. The second-order valence-electron chi connectivity index (χ2n) is 6.67. The van der Waals surface area contributed by atoms with Gasteiger partial charge in [-0.3, -0.25) is 9.36 Å². The number of fused-ring (bicyclic) bond motifs is 1. The van der Waals surface area contributed by atoms with Crippen molar-refractivity contribution in [2.24, 2.45) is 0 Å². The van der Waals surface area contributed by atoms with E-state index in [1.165, 1.54) is 23.4 Å². The van der Waals surface area contributed by atoms with Crippen molar-refractivity contribution in [1.29, 1.82) is 0 Å². The number of halogens is 1. The molecule has 0 aliphatic carbocycles. The van der Waals surface area contributed by atoms with E-state index < -0.39 is 0 Å². The first-order valence-electron chi connectivity index (χ1n) is 9.03. The predicted molar refractivity (Wildman–Crippen MR) is 112 cm³/mol. The molecule has 1 heterocycles. The van der Waals surface area contributed by atoms with E-state index >= 15 is 0 Å². The lowest BCUT2D eigenvalue weighted by Gasteiger charge is -2.13. The maximum Gasteiger partial charge on any atom is 0.262 e. The van der Waals surface area contributed by atoms with E-state index in [0.29, 0.717) is 33.9 Å². The molecule has 0 saturated carbocycles. The van der Waals surface area contributed by atoms with Gasteiger partial charge in [0, 0.05) is 5.75 Å². The van der Waals surface area contributed by atoms with Crippen LogP contribution in [-0.4, -0.2) is 9.55 Å². The summed E-state index contributed by atoms with van der Waals surface area (Å²) in [5, 5.41) is 1.18. The largest absolute Gasteiger partial charge is 0.283 e. The van der Waals surface area contributed by atoms with Crippen LogP contribution in [0.25, 0.3) is 10.9 Å². The molecule has 0 atom stereocenters. The first-order valence-corrected chi connectivity index (χ1v) is 10.0. The Morgan fingerprint density at radius 2 is 1.68 bits per heavy atom. The highest BCUT2D eigenvalue weighted by Crippen LogP contribution is 2.24. The summed E-state index contributed by atoms with van der Waals surface area (Å²) in [4.78, 5) is 17.8. The Morgan fingerprint density at radius 1 is 0.964 bits per heavy atom. The highest BCUT2D eigenvalue weighted by atomic mass is 32.2. The third-order valence-electron chi connectivity index (χ3n) is 4.60. The summed E-state index contributed by atoms with van der Waals surface area (Å²) in [6, 6.07) is 22.1. The van der Waals surface area contributed by atoms with Gasteiger partial charge in [0.05, 0.1) is 17.4 Å². The number of benzene rings is 3. The number of aryl methyl sites for hydroxylation is 1. The van der Waals surface area contributed by atoms with Gasteiger partial charge in [-0.2, -0.15) is 0 Å². The molecule has 1 aromatic heterocycles. The SMILES string of the molecule is Cc1ccc(Cn2c(SCc3ccccc3F)nc3ccccc3c2=O)cc1. The lowest BCUT2D eigenvalue weighted by molar-refractivity contribution is 0.616. The zero-order valence-electron chi connectivity index (χ0n) is 15.4. The molecule has 3 nitrogen and oxygen atoms in total. The van der Waals surface area contributed by atoms with Crippen LogP contribution in [-0.2, 0) is 12.3 Å². The van der Waals surface area contributed by atoms with Gasteiger partial charge in [-0.15, -0.1) is 0 Å². The molecular weight excluding hydrogens is 371 g/mol. The normalized spacial score (nSPS) is 11.1. The molecular formula is C23H19FN2OS. The maximum absolute atomic E-state index is 14.0. The summed E-state index contributed by atoms with van der Waals surface area (Å²) < 4.78 is 15.7. The van der Waals surface area contributed by atoms with Crippen molar-refractivity contribution in [3.8, 4) is 0 Å². The second-order valence-corrected chi connectivity index (χ2v) is 7.61. The smallest absolute Gasteiger partial charge is 0.262 e. The van der Waals surface area contributed by atoms with Gasteiger partial charge < -0.3 is 0 Å². The molecule has 0 saturated heterocycles. The number of thioether (sulfide) groups is 1. The van der Waals surface area contributed by atoms with Crippen molar-refractivity contribution < 1.29 is 4.39 Å². The van der Waals surface area contributed by atoms with Crippen LogP contribution in [0.5, 0.6) is 0 Å². The minimum absolute atomic E-state index is 0.0813. The van der Waals surface area contributed by atoms with Crippen LogP contribution in [0, 0.1) is 12.7 Å². The van der Waals surface area contributed by atoms with E-state index in [1.807, 2.05) is 55.5 Å². The van der Waals surface area contributed by atoms with Crippen LogP contribution in [0.4, 0.5) is 4.39 Å². The molecule has 0 aliphatic heterocycles. The van der Waals surface area contributed by atoms with E-state index in [4.69, 9.17) is 4.98 Å². The quantitative estimate of drug-likeness (QED) is 0.348. The first kappa shape index (κ1) is 18.4. The maximum atomic E-state index is 14.0. The van der Waals surface area contributed by atoms with Crippen LogP contribution in [0.2, 0.25) is 0 Å². The molecule has 0 fully saturated rings. The van der Waals surface area contributed by atoms with Crippen LogP contribution in [0.3, 0.4) is 0 Å². The Hall–Kier alpha value is -2.92. The summed E-state index contributed by atoms with van der Waals surface area (Å²) >= 11 is 1.38. The van der Waals surface area contributed by atoms with Crippen molar-refractivity contribution >= 4 is 22.7 Å². The molecule has 4 rings (SSSR count). The van der Waals surface area contributed by atoms with Crippen molar-refractivity contribution in [2.45, 2.75) is 24.4 Å². The Labute approximate surface area is 166 Å². The van der Waals surface area contributed by atoms with Crippen LogP contribution < -0.4 is 5.56 Å². The van der Waals surface area contributed by atoms with Crippen molar-refractivity contribution in [3.63, 3.8) is 0 Å². The zero-order chi connectivity index (χ0) is 19.5. The topological polar surface area (TPSA) is 34.9 Å². The lowest BCUT2D eigenvalue weighted by atomic mass is 10.1. The summed E-state index contributed by atoms with van der Waals surface area (Å²) in [7, 11) is 0. The van der Waals surface area contributed by atoms with Crippen LogP contribution in [0.1, 0.15) is 16.7 Å². The van der Waals surface area contributed by atoms with E-state index in [0.717, 1.165) is 5.56 Å². The van der Waals surface area contributed by atoms with Gasteiger partial charge in [0.15, 0.2) is 5.16 Å². The van der Waals surface area contributed by atoms with Gasteiger partial charge in [-0.1, -0.05) is 71.9 Å².